The lowest BCUT2D eigenvalue weighted by Gasteiger charge is -2.46. The number of urea groups is 1. The molecular weight excluding hydrogens is 378 g/mol. The first kappa shape index (κ1) is 18.9. The van der Waals surface area contributed by atoms with E-state index in [1.54, 1.807) is 21.9 Å². The van der Waals surface area contributed by atoms with Crippen molar-refractivity contribution in [2.75, 3.05) is 22.9 Å². The van der Waals surface area contributed by atoms with Crippen molar-refractivity contribution in [2.24, 2.45) is 5.92 Å². The lowest BCUT2D eigenvalue weighted by molar-refractivity contribution is -0.129. The summed E-state index contributed by atoms with van der Waals surface area (Å²) in [4.78, 5) is 44.6. The van der Waals surface area contributed by atoms with Gasteiger partial charge in [-0.05, 0) is 43.0 Å². The second-order valence-corrected chi connectivity index (χ2v) is 8.30. The van der Waals surface area contributed by atoms with Gasteiger partial charge in [-0.25, -0.2) is 9.69 Å². The molecule has 5 rings (SSSR count). The number of hydrogen-bond acceptors (Lipinski definition) is 3. The van der Waals surface area contributed by atoms with Crippen LogP contribution in [0.1, 0.15) is 31.2 Å². The van der Waals surface area contributed by atoms with Crippen molar-refractivity contribution in [3.05, 3.63) is 60.2 Å². The predicted molar refractivity (Wildman–Crippen MR) is 114 cm³/mol. The summed E-state index contributed by atoms with van der Waals surface area (Å²) in [5, 5.41) is 0. The zero-order valence-electron chi connectivity index (χ0n) is 16.9. The Morgan fingerprint density at radius 3 is 2.50 bits per heavy atom. The summed E-state index contributed by atoms with van der Waals surface area (Å²) >= 11 is 0. The largest absolute Gasteiger partial charge is 0.332 e. The van der Waals surface area contributed by atoms with E-state index in [1.807, 2.05) is 42.5 Å². The van der Waals surface area contributed by atoms with Crippen molar-refractivity contribution in [3.8, 4) is 0 Å². The molecule has 2 heterocycles. The van der Waals surface area contributed by atoms with E-state index in [-0.39, 0.29) is 36.3 Å². The van der Waals surface area contributed by atoms with E-state index in [4.69, 9.17) is 0 Å². The number of rotatable bonds is 3. The lowest BCUT2D eigenvalue weighted by Crippen LogP contribution is -2.64. The van der Waals surface area contributed by atoms with Gasteiger partial charge in [-0.1, -0.05) is 49.2 Å². The number of imide groups is 1. The van der Waals surface area contributed by atoms with E-state index < -0.39 is 0 Å². The molecule has 1 saturated heterocycles. The van der Waals surface area contributed by atoms with Crippen molar-refractivity contribution in [1.29, 1.82) is 0 Å². The molecule has 2 atom stereocenters. The Kier molecular flexibility index (Phi) is 4.77. The number of benzene rings is 2. The second-order valence-electron chi connectivity index (χ2n) is 8.30. The molecule has 2 aliphatic heterocycles. The van der Waals surface area contributed by atoms with Gasteiger partial charge in [-0.2, -0.15) is 0 Å². The molecule has 0 radical (unpaired) electrons. The summed E-state index contributed by atoms with van der Waals surface area (Å²) in [6.07, 6.45) is 4.32. The number of anilines is 2. The first-order chi connectivity index (χ1) is 14.6. The Bertz CT molecular complexity index is 990. The molecule has 1 aliphatic carbocycles. The van der Waals surface area contributed by atoms with Crippen LogP contribution in [0.4, 0.5) is 16.2 Å². The van der Waals surface area contributed by atoms with Gasteiger partial charge in [0.2, 0.25) is 11.8 Å². The molecule has 3 aliphatic rings. The van der Waals surface area contributed by atoms with Crippen molar-refractivity contribution < 1.29 is 14.4 Å². The Labute approximate surface area is 176 Å². The van der Waals surface area contributed by atoms with E-state index in [1.165, 1.54) is 4.90 Å². The number of nitrogens with zero attached hydrogens (tertiary/aromatic N) is 3. The fourth-order valence-electron chi connectivity index (χ4n) is 5.13. The third-order valence-electron chi connectivity index (χ3n) is 6.61. The Hall–Kier alpha value is -3.15. The summed E-state index contributed by atoms with van der Waals surface area (Å²) in [7, 11) is 0. The third-order valence-corrected chi connectivity index (χ3v) is 6.61. The molecule has 4 amide bonds. The van der Waals surface area contributed by atoms with Crippen molar-refractivity contribution in [3.63, 3.8) is 0 Å². The first-order valence-electron chi connectivity index (χ1n) is 10.7. The number of hydrogen-bond donors (Lipinski definition) is 0. The highest BCUT2D eigenvalue weighted by molar-refractivity contribution is 6.17. The number of carbonyl (C=O) groups excluding carboxylic acids is 3. The molecule has 0 N–H and O–H groups in total. The number of amides is 4. The number of para-hydroxylation sites is 2. The van der Waals surface area contributed by atoms with Crippen LogP contribution in [0.15, 0.2) is 54.6 Å². The lowest BCUT2D eigenvalue weighted by atomic mass is 9.81. The Balaban J connectivity index is 1.44. The SMILES string of the molecule is O=C(CN1C(=O)N(c2ccccc2)C(=O)C2CCCCC21)N1CCc2ccccc21. The predicted octanol–water partition coefficient (Wildman–Crippen LogP) is 3.60. The van der Waals surface area contributed by atoms with Gasteiger partial charge in [0.05, 0.1) is 11.6 Å². The normalized spacial score (nSPS) is 23.4. The summed E-state index contributed by atoms with van der Waals surface area (Å²) in [6.45, 7) is 0.639. The van der Waals surface area contributed by atoms with Gasteiger partial charge in [-0.15, -0.1) is 0 Å². The number of carbonyl (C=O) groups is 3. The van der Waals surface area contributed by atoms with Gasteiger partial charge in [0.25, 0.3) is 0 Å². The summed E-state index contributed by atoms with van der Waals surface area (Å²) in [5.41, 5.74) is 2.66. The maximum atomic E-state index is 13.4. The maximum absolute atomic E-state index is 13.4. The van der Waals surface area contributed by atoms with Gasteiger partial charge >= 0.3 is 6.03 Å². The molecule has 0 aromatic heterocycles. The van der Waals surface area contributed by atoms with Crippen LogP contribution in [0.3, 0.4) is 0 Å². The molecule has 0 spiro atoms. The molecule has 2 fully saturated rings. The molecule has 2 unspecified atom stereocenters. The average molecular weight is 403 g/mol. The summed E-state index contributed by atoms with van der Waals surface area (Å²) in [6, 6.07) is 16.4. The highest BCUT2D eigenvalue weighted by atomic mass is 16.2. The van der Waals surface area contributed by atoms with E-state index >= 15 is 0 Å². The molecule has 6 heteroatoms. The van der Waals surface area contributed by atoms with Gasteiger partial charge in [0.15, 0.2) is 0 Å². The molecular formula is C24H25N3O3. The van der Waals surface area contributed by atoms with E-state index in [0.29, 0.717) is 12.2 Å². The zero-order valence-corrected chi connectivity index (χ0v) is 16.9. The molecule has 0 bridgehead atoms. The summed E-state index contributed by atoms with van der Waals surface area (Å²) in [5.74, 6) is -0.457. The fourth-order valence-corrected chi connectivity index (χ4v) is 5.13. The molecule has 2 aromatic rings. The van der Waals surface area contributed by atoms with Crippen LogP contribution < -0.4 is 9.80 Å². The smallest absolute Gasteiger partial charge is 0.311 e. The van der Waals surface area contributed by atoms with Crippen LogP contribution in [0.5, 0.6) is 0 Å². The van der Waals surface area contributed by atoms with Crippen LogP contribution in [-0.4, -0.2) is 41.9 Å². The molecule has 30 heavy (non-hydrogen) atoms. The molecule has 154 valence electrons. The summed E-state index contributed by atoms with van der Waals surface area (Å²) < 4.78 is 0. The minimum Gasteiger partial charge on any atom is -0.311 e. The van der Waals surface area contributed by atoms with E-state index in [0.717, 1.165) is 43.4 Å². The minimum atomic E-state index is -0.379. The fraction of sp³-hybridized carbons (Fsp3) is 0.375. The maximum Gasteiger partial charge on any atom is 0.332 e. The quantitative estimate of drug-likeness (QED) is 0.787. The van der Waals surface area contributed by atoms with Crippen molar-refractivity contribution >= 4 is 29.2 Å². The molecule has 1 saturated carbocycles. The van der Waals surface area contributed by atoms with Crippen molar-refractivity contribution in [1.82, 2.24) is 4.90 Å². The van der Waals surface area contributed by atoms with Crippen molar-refractivity contribution in [2.45, 2.75) is 38.1 Å². The third kappa shape index (κ3) is 3.07. The topological polar surface area (TPSA) is 60.9 Å². The monoisotopic (exact) mass is 403 g/mol. The van der Waals surface area contributed by atoms with E-state index in [9.17, 15) is 14.4 Å². The van der Waals surface area contributed by atoms with E-state index in [2.05, 4.69) is 0 Å². The standard InChI is InChI=1S/C24H25N3O3/c28-22(25-15-14-17-8-4-6-12-20(17)25)16-26-21-13-7-5-11-19(21)23(29)27(24(26)30)18-9-2-1-3-10-18/h1-4,6,8-10,12,19,21H,5,7,11,13-16H2. The van der Waals surface area contributed by atoms with Gasteiger partial charge < -0.3 is 9.80 Å². The van der Waals surface area contributed by atoms with Gasteiger partial charge in [-0.3, -0.25) is 9.59 Å². The van der Waals surface area contributed by atoms with Gasteiger partial charge in [0.1, 0.15) is 6.54 Å². The van der Waals surface area contributed by atoms with Crippen LogP contribution in [-0.2, 0) is 16.0 Å². The number of fused-ring (bicyclic) bond motifs is 2. The van der Waals surface area contributed by atoms with Crippen LogP contribution in [0.2, 0.25) is 0 Å². The average Bonchev–Trinajstić information content (AvgIpc) is 3.22. The highest BCUT2D eigenvalue weighted by Crippen LogP contribution is 2.37. The minimum absolute atomic E-state index is 0.00491. The molecule has 2 aromatic carbocycles. The highest BCUT2D eigenvalue weighted by Gasteiger charge is 2.48. The van der Waals surface area contributed by atoms with Crippen LogP contribution in [0, 0.1) is 5.92 Å². The zero-order chi connectivity index (χ0) is 20.7. The second kappa shape index (κ2) is 7.59. The first-order valence-corrected chi connectivity index (χ1v) is 10.7. The van der Waals surface area contributed by atoms with Crippen LogP contribution >= 0.6 is 0 Å². The Morgan fingerprint density at radius 1 is 0.933 bits per heavy atom. The Morgan fingerprint density at radius 2 is 1.67 bits per heavy atom. The molecule has 6 nitrogen and oxygen atoms in total. The van der Waals surface area contributed by atoms with Crippen LogP contribution in [0.25, 0.3) is 0 Å². The van der Waals surface area contributed by atoms with Gasteiger partial charge in [0, 0.05) is 18.3 Å².